The summed E-state index contributed by atoms with van der Waals surface area (Å²) in [4.78, 5) is 0. The molecule has 2 unspecified atom stereocenters. The molecule has 0 spiro atoms. The first-order valence-electron chi connectivity index (χ1n) is 9.92. The lowest BCUT2D eigenvalue weighted by molar-refractivity contribution is 0.252. The van der Waals surface area contributed by atoms with Crippen LogP contribution < -0.4 is 14.2 Å². The van der Waals surface area contributed by atoms with Crippen molar-refractivity contribution in [2.24, 2.45) is 0 Å². The fourth-order valence-corrected chi connectivity index (χ4v) is 4.05. The minimum absolute atomic E-state index is 0.0211. The second-order valence-corrected chi connectivity index (χ2v) is 7.34. The Hall–Kier alpha value is -3.38. The molecule has 0 heterocycles. The molecule has 3 aromatic carbocycles. The lowest BCUT2D eigenvalue weighted by Crippen LogP contribution is -2.19. The number of methoxy groups -OCH3 is 3. The van der Waals surface area contributed by atoms with Crippen LogP contribution >= 0.6 is 0 Å². The summed E-state index contributed by atoms with van der Waals surface area (Å²) < 4.78 is 16.6. The van der Waals surface area contributed by atoms with Gasteiger partial charge in [0.1, 0.15) is 28.7 Å². The van der Waals surface area contributed by atoms with E-state index in [-0.39, 0.29) is 29.9 Å². The van der Waals surface area contributed by atoms with E-state index in [0.717, 1.165) is 22.4 Å². The molecule has 0 fully saturated rings. The van der Waals surface area contributed by atoms with E-state index in [4.69, 9.17) is 14.2 Å². The molecular formula is C25H28O6. The second kappa shape index (κ2) is 9.62. The Morgan fingerprint density at radius 1 is 0.774 bits per heavy atom. The third kappa shape index (κ3) is 4.54. The standard InChI is InChI=1S/C25H28O6/c1-15-11-19(29-2)9-10-20(15)24(21(14-26)16-5-7-17(27)8-6-16)25-22(30-3)12-18(28)13-23(25)31-4/h5-13,21,24,26-28H,14H2,1-4H3. The van der Waals surface area contributed by atoms with E-state index < -0.39 is 0 Å². The van der Waals surface area contributed by atoms with Crippen LogP contribution in [0.2, 0.25) is 0 Å². The molecule has 0 saturated carbocycles. The molecular weight excluding hydrogens is 396 g/mol. The van der Waals surface area contributed by atoms with E-state index in [2.05, 4.69) is 0 Å². The van der Waals surface area contributed by atoms with Gasteiger partial charge < -0.3 is 29.5 Å². The number of phenolic OH excluding ortho intramolecular Hbond substituents is 2. The van der Waals surface area contributed by atoms with E-state index in [1.807, 2.05) is 25.1 Å². The van der Waals surface area contributed by atoms with Gasteiger partial charge in [-0.25, -0.2) is 0 Å². The van der Waals surface area contributed by atoms with Crippen molar-refractivity contribution >= 4 is 0 Å². The molecule has 0 aliphatic carbocycles. The highest BCUT2D eigenvalue weighted by molar-refractivity contribution is 5.58. The van der Waals surface area contributed by atoms with Gasteiger partial charge in [0.15, 0.2) is 0 Å². The minimum atomic E-state index is -0.375. The number of aliphatic hydroxyl groups is 1. The Balaban J connectivity index is 2.31. The molecule has 0 bridgehead atoms. The third-order valence-electron chi connectivity index (χ3n) is 5.57. The zero-order chi connectivity index (χ0) is 22.5. The van der Waals surface area contributed by atoms with Crippen LogP contribution in [0.5, 0.6) is 28.7 Å². The summed E-state index contributed by atoms with van der Waals surface area (Å²) in [6.45, 7) is 1.82. The number of aromatic hydroxyl groups is 2. The van der Waals surface area contributed by atoms with Crippen LogP contribution in [0.25, 0.3) is 0 Å². The Kier molecular flexibility index (Phi) is 6.92. The molecule has 6 nitrogen and oxygen atoms in total. The van der Waals surface area contributed by atoms with E-state index in [1.165, 1.54) is 26.4 Å². The normalized spacial score (nSPS) is 12.8. The average molecular weight is 424 g/mol. The highest BCUT2D eigenvalue weighted by atomic mass is 16.5. The van der Waals surface area contributed by atoms with Gasteiger partial charge in [0.2, 0.25) is 0 Å². The van der Waals surface area contributed by atoms with E-state index >= 15 is 0 Å². The summed E-state index contributed by atoms with van der Waals surface area (Å²) in [5, 5.41) is 30.4. The van der Waals surface area contributed by atoms with Crippen LogP contribution in [0.3, 0.4) is 0 Å². The average Bonchev–Trinajstić information content (AvgIpc) is 2.78. The topological polar surface area (TPSA) is 88.4 Å². The summed E-state index contributed by atoms with van der Waals surface area (Å²) in [5.74, 6) is 1.06. The zero-order valence-corrected chi connectivity index (χ0v) is 18.1. The maximum absolute atomic E-state index is 10.5. The van der Waals surface area contributed by atoms with Crippen molar-refractivity contribution in [1.82, 2.24) is 0 Å². The molecule has 3 aromatic rings. The molecule has 2 atom stereocenters. The summed E-state index contributed by atoms with van der Waals surface area (Å²) in [7, 11) is 4.68. The van der Waals surface area contributed by atoms with E-state index in [0.29, 0.717) is 17.1 Å². The van der Waals surface area contributed by atoms with Gasteiger partial charge in [-0.15, -0.1) is 0 Å². The molecule has 31 heavy (non-hydrogen) atoms. The molecule has 3 N–H and O–H groups in total. The lowest BCUT2D eigenvalue weighted by Gasteiger charge is -2.31. The van der Waals surface area contributed by atoms with Crippen LogP contribution in [0.4, 0.5) is 0 Å². The highest BCUT2D eigenvalue weighted by Crippen LogP contribution is 2.49. The SMILES string of the molecule is COc1ccc(C(c2c(OC)cc(O)cc2OC)C(CO)c2ccc(O)cc2)c(C)c1. The Morgan fingerprint density at radius 3 is 1.87 bits per heavy atom. The van der Waals surface area contributed by atoms with Gasteiger partial charge in [-0.3, -0.25) is 0 Å². The van der Waals surface area contributed by atoms with Crippen molar-refractivity contribution in [2.45, 2.75) is 18.8 Å². The largest absolute Gasteiger partial charge is 0.508 e. The van der Waals surface area contributed by atoms with Gasteiger partial charge in [0.05, 0.1) is 27.9 Å². The van der Waals surface area contributed by atoms with Crippen molar-refractivity contribution in [3.63, 3.8) is 0 Å². The summed E-state index contributed by atoms with van der Waals surface area (Å²) in [6, 6.07) is 15.6. The Labute approximate surface area is 182 Å². The highest BCUT2D eigenvalue weighted by Gasteiger charge is 2.33. The molecule has 6 heteroatoms. The zero-order valence-electron chi connectivity index (χ0n) is 18.1. The summed E-state index contributed by atoms with van der Waals surface area (Å²) >= 11 is 0. The monoisotopic (exact) mass is 424 g/mol. The van der Waals surface area contributed by atoms with E-state index in [1.54, 1.807) is 31.4 Å². The van der Waals surface area contributed by atoms with Crippen LogP contribution in [-0.4, -0.2) is 43.3 Å². The Morgan fingerprint density at radius 2 is 1.39 bits per heavy atom. The number of aryl methyl sites for hydroxylation is 1. The smallest absolute Gasteiger partial charge is 0.130 e. The summed E-state index contributed by atoms with van der Waals surface area (Å²) in [6.07, 6.45) is 0. The number of hydrogen-bond donors (Lipinski definition) is 3. The van der Waals surface area contributed by atoms with Crippen molar-refractivity contribution in [2.75, 3.05) is 27.9 Å². The predicted molar refractivity (Wildman–Crippen MR) is 119 cm³/mol. The van der Waals surface area contributed by atoms with Crippen molar-refractivity contribution in [1.29, 1.82) is 0 Å². The molecule has 164 valence electrons. The predicted octanol–water partition coefficient (Wildman–Crippen LogP) is 4.34. The van der Waals surface area contributed by atoms with Crippen LogP contribution in [0.1, 0.15) is 34.1 Å². The maximum Gasteiger partial charge on any atom is 0.130 e. The second-order valence-electron chi connectivity index (χ2n) is 7.34. The first kappa shape index (κ1) is 22.3. The van der Waals surface area contributed by atoms with Gasteiger partial charge in [0.25, 0.3) is 0 Å². The van der Waals surface area contributed by atoms with Gasteiger partial charge in [-0.1, -0.05) is 18.2 Å². The molecule has 0 aliphatic rings. The maximum atomic E-state index is 10.5. The molecule has 3 rings (SSSR count). The molecule has 0 radical (unpaired) electrons. The fourth-order valence-electron chi connectivity index (χ4n) is 4.05. The Bertz CT molecular complexity index is 1000. The molecule has 0 aliphatic heterocycles. The number of phenols is 2. The van der Waals surface area contributed by atoms with Crippen molar-refractivity contribution in [3.8, 4) is 28.7 Å². The van der Waals surface area contributed by atoms with Gasteiger partial charge in [-0.05, 0) is 47.9 Å². The van der Waals surface area contributed by atoms with Crippen LogP contribution in [-0.2, 0) is 0 Å². The fraction of sp³-hybridized carbons (Fsp3) is 0.280. The molecule has 0 amide bonds. The number of hydrogen-bond acceptors (Lipinski definition) is 6. The molecule has 0 saturated heterocycles. The van der Waals surface area contributed by atoms with Crippen LogP contribution in [0, 0.1) is 6.92 Å². The van der Waals surface area contributed by atoms with Gasteiger partial charge in [-0.2, -0.15) is 0 Å². The molecule has 0 aromatic heterocycles. The van der Waals surface area contributed by atoms with Crippen molar-refractivity contribution < 1.29 is 29.5 Å². The lowest BCUT2D eigenvalue weighted by atomic mass is 9.75. The minimum Gasteiger partial charge on any atom is -0.508 e. The summed E-state index contributed by atoms with van der Waals surface area (Å²) in [5.41, 5.74) is 3.48. The van der Waals surface area contributed by atoms with Gasteiger partial charge >= 0.3 is 0 Å². The quantitative estimate of drug-likeness (QED) is 0.499. The van der Waals surface area contributed by atoms with Gasteiger partial charge in [0, 0.05) is 29.5 Å². The van der Waals surface area contributed by atoms with Crippen LogP contribution in [0.15, 0.2) is 54.6 Å². The number of benzene rings is 3. The third-order valence-corrected chi connectivity index (χ3v) is 5.57. The van der Waals surface area contributed by atoms with E-state index in [9.17, 15) is 15.3 Å². The first-order valence-corrected chi connectivity index (χ1v) is 9.92. The number of ether oxygens (including phenoxy) is 3. The number of rotatable bonds is 8. The van der Waals surface area contributed by atoms with Crippen molar-refractivity contribution in [3.05, 3.63) is 76.9 Å². The first-order chi connectivity index (χ1) is 14.9. The number of aliphatic hydroxyl groups excluding tert-OH is 1.